The fraction of sp³-hybridized carbons (Fsp3) is 0.462. The molecule has 3 nitrogen and oxygen atoms in total. The molecule has 1 aliphatic rings. The molecular weight excluding hydrogens is 230 g/mol. The summed E-state index contributed by atoms with van der Waals surface area (Å²) in [6.45, 7) is 3.35. The lowest BCUT2D eigenvalue weighted by molar-refractivity contribution is 0.325. The van der Waals surface area contributed by atoms with E-state index in [0.29, 0.717) is 0 Å². The van der Waals surface area contributed by atoms with Crippen molar-refractivity contribution in [2.24, 2.45) is 5.92 Å². The maximum atomic E-state index is 4.64. The summed E-state index contributed by atoms with van der Waals surface area (Å²) in [5.41, 5.74) is 2.32. The third-order valence-electron chi connectivity index (χ3n) is 3.30. The summed E-state index contributed by atoms with van der Waals surface area (Å²) in [6.07, 6.45) is 4.71. The second kappa shape index (κ2) is 5.02. The highest BCUT2D eigenvalue weighted by atomic mass is 32.1. The van der Waals surface area contributed by atoms with E-state index in [1.54, 1.807) is 11.3 Å². The Morgan fingerprint density at radius 2 is 2.47 bits per heavy atom. The number of hydrogen-bond donors (Lipinski definition) is 1. The monoisotopic (exact) mass is 247 g/mol. The molecule has 2 aromatic rings. The summed E-state index contributed by atoms with van der Waals surface area (Å²) in [5, 5.41) is 12.3. The smallest absolute Gasteiger partial charge is 0.0931 e. The van der Waals surface area contributed by atoms with E-state index in [1.807, 2.05) is 0 Å². The van der Waals surface area contributed by atoms with Crippen LogP contribution in [0.4, 0.5) is 0 Å². The van der Waals surface area contributed by atoms with E-state index in [9.17, 15) is 0 Å². The van der Waals surface area contributed by atoms with Crippen LogP contribution in [0.15, 0.2) is 29.1 Å². The third kappa shape index (κ3) is 2.58. The quantitative estimate of drug-likeness (QED) is 0.903. The van der Waals surface area contributed by atoms with Gasteiger partial charge in [-0.1, -0.05) is 0 Å². The van der Waals surface area contributed by atoms with Gasteiger partial charge in [-0.3, -0.25) is 4.68 Å². The van der Waals surface area contributed by atoms with Gasteiger partial charge in [0.15, 0.2) is 0 Å². The van der Waals surface area contributed by atoms with Crippen LogP contribution < -0.4 is 5.32 Å². The van der Waals surface area contributed by atoms with Gasteiger partial charge >= 0.3 is 0 Å². The minimum Gasteiger partial charge on any atom is -0.316 e. The number of rotatable bonds is 3. The SMILES string of the molecule is c1cc(-c2ccn(C[C@@H]3CCCNC3)n2)cs1. The molecule has 90 valence electrons. The number of thiophene rings is 1. The van der Waals surface area contributed by atoms with Gasteiger partial charge in [-0.25, -0.2) is 0 Å². The van der Waals surface area contributed by atoms with Crippen molar-refractivity contribution in [2.75, 3.05) is 13.1 Å². The Morgan fingerprint density at radius 3 is 3.24 bits per heavy atom. The number of aromatic nitrogens is 2. The molecule has 3 heterocycles. The highest BCUT2D eigenvalue weighted by Crippen LogP contribution is 2.20. The van der Waals surface area contributed by atoms with E-state index in [4.69, 9.17) is 0 Å². The molecule has 1 N–H and O–H groups in total. The largest absolute Gasteiger partial charge is 0.316 e. The zero-order chi connectivity index (χ0) is 11.5. The van der Waals surface area contributed by atoms with Crippen LogP contribution in [0.3, 0.4) is 0 Å². The van der Waals surface area contributed by atoms with Crippen molar-refractivity contribution in [1.82, 2.24) is 15.1 Å². The second-order valence-corrected chi connectivity index (χ2v) is 5.43. The molecule has 0 amide bonds. The van der Waals surface area contributed by atoms with Crippen LogP contribution in [0, 0.1) is 5.92 Å². The maximum absolute atomic E-state index is 4.64. The Morgan fingerprint density at radius 1 is 1.47 bits per heavy atom. The fourth-order valence-corrected chi connectivity index (χ4v) is 3.02. The van der Waals surface area contributed by atoms with Gasteiger partial charge in [0.05, 0.1) is 5.69 Å². The van der Waals surface area contributed by atoms with Crippen LogP contribution in [-0.4, -0.2) is 22.9 Å². The van der Waals surface area contributed by atoms with Gasteiger partial charge in [-0.05, 0) is 49.4 Å². The maximum Gasteiger partial charge on any atom is 0.0931 e. The molecule has 1 fully saturated rings. The lowest BCUT2D eigenvalue weighted by Crippen LogP contribution is -2.32. The molecule has 17 heavy (non-hydrogen) atoms. The van der Waals surface area contributed by atoms with Crippen molar-refractivity contribution in [3.05, 3.63) is 29.1 Å². The Labute approximate surface area is 105 Å². The molecule has 0 radical (unpaired) electrons. The summed E-state index contributed by atoms with van der Waals surface area (Å²) >= 11 is 1.72. The van der Waals surface area contributed by atoms with Gasteiger partial charge in [0.25, 0.3) is 0 Å². The lowest BCUT2D eigenvalue weighted by Gasteiger charge is -2.22. The summed E-state index contributed by atoms with van der Waals surface area (Å²) in [5.74, 6) is 0.735. The van der Waals surface area contributed by atoms with Crippen LogP contribution in [0.1, 0.15) is 12.8 Å². The normalized spacial score (nSPS) is 20.6. The fourth-order valence-electron chi connectivity index (χ4n) is 2.37. The molecule has 1 atom stereocenters. The van der Waals surface area contributed by atoms with Gasteiger partial charge in [0.1, 0.15) is 0 Å². The number of hydrogen-bond acceptors (Lipinski definition) is 3. The molecule has 2 aromatic heterocycles. The lowest BCUT2D eigenvalue weighted by atomic mass is 10.00. The molecule has 0 saturated carbocycles. The van der Waals surface area contributed by atoms with Crippen LogP contribution in [0.5, 0.6) is 0 Å². The molecule has 1 aliphatic heterocycles. The molecule has 0 unspecified atom stereocenters. The number of piperidine rings is 1. The van der Waals surface area contributed by atoms with E-state index in [-0.39, 0.29) is 0 Å². The summed E-state index contributed by atoms with van der Waals surface area (Å²) in [7, 11) is 0. The number of nitrogens with zero attached hydrogens (tertiary/aromatic N) is 2. The molecule has 0 aliphatic carbocycles. The Hall–Kier alpha value is -1.13. The highest BCUT2D eigenvalue weighted by molar-refractivity contribution is 7.08. The van der Waals surface area contributed by atoms with Gasteiger partial charge < -0.3 is 5.32 Å². The first kappa shape index (κ1) is 11.0. The van der Waals surface area contributed by atoms with Gasteiger partial charge in [-0.15, -0.1) is 0 Å². The van der Waals surface area contributed by atoms with E-state index in [2.05, 4.69) is 44.2 Å². The predicted octanol–water partition coefficient (Wildman–Crippen LogP) is 2.61. The number of nitrogens with one attached hydrogen (secondary N) is 1. The molecular formula is C13H17N3S. The third-order valence-corrected chi connectivity index (χ3v) is 3.99. The average Bonchev–Trinajstić information content (AvgIpc) is 3.00. The zero-order valence-electron chi connectivity index (χ0n) is 9.80. The minimum absolute atomic E-state index is 0.735. The second-order valence-electron chi connectivity index (χ2n) is 4.65. The average molecular weight is 247 g/mol. The topological polar surface area (TPSA) is 29.9 Å². The van der Waals surface area contributed by atoms with Crippen molar-refractivity contribution in [2.45, 2.75) is 19.4 Å². The highest BCUT2D eigenvalue weighted by Gasteiger charge is 2.14. The van der Waals surface area contributed by atoms with E-state index < -0.39 is 0 Å². The minimum atomic E-state index is 0.735. The molecule has 0 bridgehead atoms. The molecule has 0 aromatic carbocycles. The summed E-state index contributed by atoms with van der Waals surface area (Å²) < 4.78 is 2.09. The molecule has 0 spiro atoms. The summed E-state index contributed by atoms with van der Waals surface area (Å²) in [4.78, 5) is 0. The first-order chi connectivity index (χ1) is 8.42. The van der Waals surface area contributed by atoms with Crippen LogP contribution in [-0.2, 0) is 6.54 Å². The molecule has 3 rings (SSSR count). The molecule has 1 saturated heterocycles. The first-order valence-electron chi connectivity index (χ1n) is 6.18. The van der Waals surface area contributed by atoms with Crippen molar-refractivity contribution >= 4 is 11.3 Å². The zero-order valence-corrected chi connectivity index (χ0v) is 10.6. The first-order valence-corrected chi connectivity index (χ1v) is 7.13. The van der Waals surface area contributed by atoms with Gasteiger partial charge in [-0.2, -0.15) is 16.4 Å². The predicted molar refractivity (Wildman–Crippen MR) is 71.1 cm³/mol. The van der Waals surface area contributed by atoms with E-state index in [1.165, 1.54) is 24.9 Å². The standard InChI is InChI=1S/C13H17N3S/c1-2-11(8-14-5-1)9-16-6-3-13(15-16)12-4-7-17-10-12/h3-4,6-7,10-11,14H,1-2,5,8-9H2/t11-/m1/s1. The van der Waals surface area contributed by atoms with E-state index in [0.717, 1.165) is 24.7 Å². The Balaban J connectivity index is 1.68. The van der Waals surface area contributed by atoms with Gasteiger partial charge in [0, 0.05) is 23.7 Å². The van der Waals surface area contributed by atoms with E-state index >= 15 is 0 Å². The van der Waals surface area contributed by atoms with Crippen LogP contribution >= 0.6 is 11.3 Å². The Bertz CT molecular complexity index is 455. The van der Waals surface area contributed by atoms with Crippen molar-refractivity contribution in [3.63, 3.8) is 0 Å². The van der Waals surface area contributed by atoms with Crippen molar-refractivity contribution < 1.29 is 0 Å². The Kier molecular flexibility index (Phi) is 3.25. The molecule has 4 heteroatoms. The van der Waals surface area contributed by atoms with Crippen molar-refractivity contribution in [3.8, 4) is 11.3 Å². The van der Waals surface area contributed by atoms with Gasteiger partial charge in [0.2, 0.25) is 0 Å². The van der Waals surface area contributed by atoms with Crippen LogP contribution in [0.25, 0.3) is 11.3 Å². The van der Waals surface area contributed by atoms with Crippen molar-refractivity contribution in [1.29, 1.82) is 0 Å². The van der Waals surface area contributed by atoms with Crippen LogP contribution in [0.2, 0.25) is 0 Å². The summed E-state index contributed by atoms with van der Waals surface area (Å²) in [6, 6.07) is 4.23.